The van der Waals surface area contributed by atoms with E-state index >= 15 is 0 Å². The summed E-state index contributed by atoms with van der Waals surface area (Å²) >= 11 is 0. The highest BCUT2D eigenvalue weighted by Crippen LogP contribution is 2.30. The van der Waals surface area contributed by atoms with Crippen molar-refractivity contribution in [2.75, 3.05) is 24.5 Å². The quantitative estimate of drug-likeness (QED) is 0.647. The number of benzene rings is 2. The summed E-state index contributed by atoms with van der Waals surface area (Å²) in [5, 5.41) is 0. The van der Waals surface area contributed by atoms with Crippen molar-refractivity contribution in [3.63, 3.8) is 0 Å². The van der Waals surface area contributed by atoms with Gasteiger partial charge in [-0.2, -0.15) is 0 Å². The molecule has 2 atom stereocenters. The number of hydrogen-bond acceptors (Lipinski definition) is 2. The molecular weight excluding hydrogens is 394 g/mol. The Hall–Kier alpha value is -1.98. The van der Waals surface area contributed by atoms with Crippen LogP contribution in [0.1, 0.15) is 32.3 Å². The summed E-state index contributed by atoms with van der Waals surface area (Å²) < 4.78 is 27.4. The van der Waals surface area contributed by atoms with E-state index in [1.165, 1.54) is 18.2 Å². The van der Waals surface area contributed by atoms with Crippen LogP contribution in [-0.4, -0.2) is 36.5 Å². The number of carbonyl (C=O) groups excluding carboxylic acids is 1. The molecule has 0 N–H and O–H groups in total. The maximum Gasteiger partial charge on any atom is 0.227 e. The molecule has 0 aromatic heterocycles. The smallest absolute Gasteiger partial charge is 0.227 e. The first-order valence-corrected chi connectivity index (χ1v) is 10.0. The summed E-state index contributed by atoms with van der Waals surface area (Å²) in [5.74, 6) is -0.374. The van der Waals surface area contributed by atoms with Gasteiger partial charge in [-0.15, -0.1) is 12.4 Å². The van der Waals surface area contributed by atoms with Crippen LogP contribution < -0.4 is 4.90 Å². The van der Waals surface area contributed by atoms with Crippen molar-refractivity contribution < 1.29 is 13.6 Å². The molecule has 29 heavy (non-hydrogen) atoms. The number of hydrogen-bond donors (Lipinski definition) is 0. The Morgan fingerprint density at radius 2 is 1.83 bits per heavy atom. The van der Waals surface area contributed by atoms with Gasteiger partial charge in [0.2, 0.25) is 5.91 Å². The van der Waals surface area contributed by atoms with Crippen molar-refractivity contribution in [2.24, 2.45) is 5.92 Å². The molecule has 1 saturated heterocycles. The van der Waals surface area contributed by atoms with Crippen LogP contribution in [0.2, 0.25) is 0 Å². The maximum absolute atomic E-state index is 14.4. The molecular formula is C23H29ClF2N2O. The first-order chi connectivity index (χ1) is 13.5. The first-order valence-electron chi connectivity index (χ1n) is 10.0. The third-order valence-electron chi connectivity index (χ3n) is 5.59. The van der Waals surface area contributed by atoms with E-state index in [0.29, 0.717) is 12.1 Å². The van der Waals surface area contributed by atoms with E-state index in [9.17, 15) is 13.6 Å². The van der Waals surface area contributed by atoms with Gasteiger partial charge in [0.25, 0.3) is 0 Å². The Bertz CT molecular complexity index is 800. The van der Waals surface area contributed by atoms with E-state index in [2.05, 4.69) is 11.8 Å². The Balaban J connectivity index is 0.00000300. The van der Waals surface area contributed by atoms with Crippen LogP contribution in [0, 0.1) is 17.6 Å². The third kappa shape index (κ3) is 5.77. The molecule has 2 aromatic carbocycles. The Kier molecular flexibility index (Phi) is 8.60. The molecule has 3 rings (SSSR count). The minimum atomic E-state index is -0.352. The fourth-order valence-corrected chi connectivity index (χ4v) is 4.06. The monoisotopic (exact) mass is 422 g/mol. The second-order valence-corrected chi connectivity index (χ2v) is 7.58. The minimum Gasteiger partial charge on any atom is -0.306 e. The lowest BCUT2D eigenvalue weighted by molar-refractivity contribution is -0.119. The predicted molar refractivity (Wildman–Crippen MR) is 116 cm³/mol. The fourth-order valence-electron chi connectivity index (χ4n) is 4.06. The molecule has 0 radical (unpaired) electrons. The average Bonchev–Trinajstić information content (AvgIpc) is 2.70. The lowest BCUT2D eigenvalue weighted by Crippen LogP contribution is -2.52. The lowest BCUT2D eigenvalue weighted by Gasteiger charge is -2.42. The summed E-state index contributed by atoms with van der Waals surface area (Å²) in [5.41, 5.74) is 1.50. The van der Waals surface area contributed by atoms with Crippen molar-refractivity contribution in [2.45, 2.75) is 39.2 Å². The van der Waals surface area contributed by atoms with Gasteiger partial charge in [-0.3, -0.25) is 4.79 Å². The van der Waals surface area contributed by atoms with Gasteiger partial charge in [-0.05, 0) is 48.6 Å². The van der Waals surface area contributed by atoms with E-state index < -0.39 is 0 Å². The summed E-state index contributed by atoms with van der Waals surface area (Å²) in [4.78, 5) is 16.7. The second-order valence-electron chi connectivity index (χ2n) is 7.58. The average molecular weight is 423 g/mol. The van der Waals surface area contributed by atoms with Gasteiger partial charge in [-0.25, -0.2) is 8.78 Å². The standard InChI is InChI=1S/C23H28F2N2O.ClH/c1-3-23(28)27(22-7-5-4-6-20(22)25)21-13-15-26(16-17(21)2)14-12-18-8-10-19(24)11-9-18;/h4-11,17,21H,3,12-16H2,1-2H3;1H/t17-,21-;/m0./s1. The van der Waals surface area contributed by atoms with Gasteiger partial charge in [-0.1, -0.05) is 38.1 Å². The molecule has 0 spiro atoms. The summed E-state index contributed by atoms with van der Waals surface area (Å²) in [6.45, 7) is 6.56. The molecule has 1 fully saturated rings. The molecule has 1 amide bonds. The van der Waals surface area contributed by atoms with Crippen molar-refractivity contribution in [1.29, 1.82) is 0 Å². The number of amides is 1. The highest BCUT2D eigenvalue weighted by Gasteiger charge is 2.34. The fraction of sp³-hybridized carbons (Fsp3) is 0.435. The van der Waals surface area contributed by atoms with Crippen LogP contribution in [0.4, 0.5) is 14.5 Å². The number of rotatable bonds is 6. The van der Waals surface area contributed by atoms with Crippen molar-refractivity contribution in [1.82, 2.24) is 4.90 Å². The zero-order valence-corrected chi connectivity index (χ0v) is 17.8. The van der Waals surface area contributed by atoms with Crippen LogP contribution in [-0.2, 0) is 11.2 Å². The molecule has 6 heteroatoms. The van der Waals surface area contributed by atoms with Gasteiger partial charge >= 0.3 is 0 Å². The van der Waals surface area contributed by atoms with E-state index in [1.807, 2.05) is 19.1 Å². The lowest BCUT2D eigenvalue weighted by atomic mass is 9.91. The van der Waals surface area contributed by atoms with E-state index in [0.717, 1.165) is 38.0 Å². The predicted octanol–water partition coefficient (Wildman–Crippen LogP) is 5.08. The number of nitrogens with zero attached hydrogens (tertiary/aromatic N) is 2. The molecule has 1 aliphatic heterocycles. The second kappa shape index (κ2) is 10.7. The molecule has 1 heterocycles. The van der Waals surface area contributed by atoms with Crippen molar-refractivity contribution >= 4 is 24.0 Å². The normalized spacial score (nSPS) is 19.4. The number of piperidine rings is 1. The first kappa shape index (κ1) is 23.3. The summed E-state index contributed by atoms with van der Waals surface area (Å²) in [6.07, 6.45) is 2.03. The van der Waals surface area contributed by atoms with Crippen LogP contribution >= 0.6 is 12.4 Å². The van der Waals surface area contributed by atoms with Gasteiger partial charge in [0, 0.05) is 32.1 Å². The number of likely N-dealkylation sites (tertiary alicyclic amines) is 1. The molecule has 0 aliphatic carbocycles. The van der Waals surface area contributed by atoms with Gasteiger partial charge < -0.3 is 9.80 Å². The van der Waals surface area contributed by atoms with Crippen LogP contribution in [0.3, 0.4) is 0 Å². The zero-order valence-electron chi connectivity index (χ0n) is 17.0. The molecule has 158 valence electrons. The molecule has 1 aliphatic rings. The van der Waals surface area contributed by atoms with Crippen molar-refractivity contribution in [3.05, 3.63) is 65.7 Å². The molecule has 0 unspecified atom stereocenters. The number of anilines is 1. The van der Waals surface area contributed by atoms with E-state index in [4.69, 9.17) is 0 Å². The Morgan fingerprint density at radius 3 is 2.45 bits per heavy atom. The SMILES string of the molecule is CCC(=O)N(c1ccccc1F)[C@H]1CCN(CCc2ccc(F)cc2)C[C@@H]1C.Cl. The maximum atomic E-state index is 14.4. The number of para-hydroxylation sites is 1. The summed E-state index contributed by atoms with van der Waals surface area (Å²) in [6, 6.07) is 13.2. The number of carbonyl (C=O) groups is 1. The zero-order chi connectivity index (χ0) is 20.1. The highest BCUT2D eigenvalue weighted by atomic mass is 35.5. The highest BCUT2D eigenvalue weighted by molar-refractivity contribution is 5.94. The minimum absolute atomic E-state index is 0. The molecule has 0 saturated carbocycles. The molecule has 3 nitrogen and oxygen atoms in total. The van der Waals surface area contributed by atoms with Crippen LogP contribution in [0.5, 0.6) is 0 Å². The Labute approximate surface area is 178 Å². The summed E-state index contributed by atoms with van der Waals surface area (Å²) in [7, 11) is 0. The van der Waals surface area contributed by atoms with Crippen LogP contribution in [0.15, 0.2) is 48.5 Å². The third-order valence-corrected chi connectivity index (χ3v) is 5.59. The number of halogens is 3. The Morgan fingerprint density at radius 1 is 1.14 bits per heavy atom. The molecule has 2 aromatic rings. The largest absolute Gasteiger partial charge is 0.306 e. The van der Waals surface area contributed by atoms with Gasteiger partial charge in [0.1, 0.15) is 11.6 Å². The van der Waals surface area contributed by atoms with Crippen LogP contribution in [0.25, 0.3) is 0 Å². The van der Waals surface area contributed by atoms with Gasteiger partial charge in [0.05, 0.1) is 5.69 Å². The van der Waals surface area contributed by atoms with Gasteiger partial charge in [0.15, 0.2) is 0 Å². The molecule has 0 bridgehead atoms. The van der Waals surface area contributed by atoms with E-state index in [-0.39, 0.29) is 41.9 Å². The van der Waals surface area contributed by atoms with E-state index in [1.54, 1.807) is 23.1 Å². The topological polar surface area (TPSA) is 23.6 Å². The van der Waals surface area contributed by atoms with Crippen molar-refractivity contribution in [3.8, 4) is 0 Å².